The van der Waals surface area contributed by atoms with Gasteiger partial charge in [-0.3, -0.25) is 9.48 Å². The standard InChI is InChI=1S/C13H20N2O3/c1-4-15-12(11(17-3)7-14-15)13(16)10-5-6-18-8-9(10)2/h7,9-10H,4-6,8H2,1-3H3. The van der Waals surface area contributed by atoms with E-state index in [-0.39, 0.29) is 17.6 Å². The van der Waals surface area contributed by atoms with E-state index in [1.807, 2.05) is 6.92 Å². The van der Waals surface area contributed by atoms with Crippen molar-refractivity contribution in [1.82, 2.24) is 9.78 Å². The Morgan fingerprint density at radius 1 is 1.67 bits per heavy atom. The molecular formula is C13H20N2O3. The number of nitrogens with zero attached hydrogens (tertiary/aromatic N) is 2. The maximum atomic E-state index is 12.6. The highest BCUT2D eigenvalue weighted by atomic mass is 16.5. The minimum Gasteiger partial charge on any atom is -0.493 e. The van der Waals surface area contributed by atoms with E-state index in [4.69, 9.17) is 9.47 Å². The van der Waals surface area contributed by atoms with Gasteiger partial charge in [0.2, 0.25) is 0 Å². The Balaban J connectivity index is 2.29. The van der Waals surface area contributed by atoms with Gasteiger partial charge in [0, 0.05) is 25.7 Å². The zero-order chi connectivity index (χ0) is 13.1. The first kappa shape index (κ1) is 13.1. The van der Waals surface area contributed by atoms with Gasteiger partial charge in [0.25, 0.3) is 0 Å². The molecule has 1 fully saturated rings. The molecule has 0 spiro atoms. The van der Waals surface area contributed by atoms with Crippen molar-refractivity contribution in [1.29, 1.82) is 0 Å². The number of rotatable bonds is 4. The summed E-state index contributed by atoms with van der Waals surface area (Å²) in [7, 11) is 1.57. The lowest BCUT2D eigenvalue weighted by molar-refractivity contribution is 0.0235. The lowest BCUT2D eigenvalue weighted by Crippen LogP contribution is -2.32. The Morgan fingerprint density at radius 3 is 3.06 bits per heavy atom. The monoisotopic (exact) mass is 252 g/mol. The lowest BCUT2D eigenvalue weighted by atomic mass is 9.85. The molecule has 2 unspecified atom stereocenters. The Kier molecular flexibility index (Phi) is 4.01. The van der Waals surface area contributed by atoms with Crippen LogP contribution in [0, 0.1) is 11.8 Å². The molecule has 0 N–H and O–H groups in total. The SMILES string of the molecule is CCn1ncc(OC)c1C(=O)C1CCOCC1C. The predicted octanol–water partition coefficient (Wildman–Crippen LogP) is 1.77. The quantitative estimate of drug-likeness (QED) is 0.766. The van der Waals surface area contributed by atoms with Gasteiger partial charge < -0.3 is 9.47 Å². The summed E-state index contributed by atoms with van der Waals surface area (Å²) in [5, 5.41) is 4.19. The minimum absolute atomic E-state index is 0.00894. The number of ether oxygens (including phenoxy) is 2. The van der Waals surface area contributed by atoms with Crippen LogP contribution in [0.25, 0.3) is 0 Å². The Bertz CT molecular complexity index is 406. The Morgan fingerprint density at radius 2 is 2.44 bits per heavy atom. The van der Waals surface area contributed by atoms with E-state index >= 15 is 0 Å². The van der Waals surface area contributed by atoms with Crippen molar-refractivity contribution in [3.63, 3.8) is 0 Å². The number of hydrogen-bond acceptors (Lipinski definition) is 4. The Labute approximate surface area is 107 Å². The number of carbonyl (C=O) groups excluding carboxylic acids is 1. The third kappa shape index (κ3) is 2.27. The van der Waals surface area contributed by atoms with Crippen molar-refractivity contribution >= 4 is 5.78 Å². The summed E-state index contributed by atoms with van der Waals surface area (Å²) >= 11 is 0. The van der Waals surface area contributed by atoms with Crippen LogP contribution in [0.2, 0.25) is 0 Å². The molecule has 0 saturated carbocycles. The number of aryl methyl sites for hydroxylation is 1. The number of hydrogen-bond donors (Lipinski definition) is 0. The van der Waals surface area contributed by atoms with Crippen molar-refractivity contribution in [3.8, 4) is 5.75 Å². The van der Waals surface area contributed by atoms with Crippen LogP contribution in [-0.2, 0) is 11.3 Å². The second-order valence-corrected chi connectivity index (χ2v) is 4.69. The van der Waals surface area contributed by atoms with Crippen LogP contribution >= 0.6 is 0 Å². The minimum atomic E-state index is 0.00894. The molecule has 5 heteroatoms. The fourth-order valence-electron chi connectivity index (χ4n) is 2.45. The summed E-state index contributed by atoms with van der Waals surface area (Å²) in [6.07, 6.45) is 2.39. The number of ketones is 1. The fourth-order valence-corrected chi connectivity index (χ4v) is 2.45. The van der Waals surface area contributed by atoms with Crippen LogP contribution < -0.4 is 4.74 Å². The van der Waals surface area contributed by atoms with Gasteiger partial charge in [-0.1, -0.05) is 6.92 Å². The highest BCUT2D eigenvalue weighted by Gasteiger charge is 2.32. The van der Waals surface area contributed by atoms with Gasteiger partial charge in [0.05, 0.1) is 13.3 Å². The smallest absolute Gasteiger partial charge is 0.188 e. The van der Waals surface area contributed by atoms with Gasteiger partial charge in [0.15, 0.2) is 11.5 Å². The van der Waals surface area contributed by atoms with E-state index in [9.17, 15) is 4.79 Å². The molecule has 0 amide bonds. The normalized spacial score (nSPS) is 23.9. The molecule has 0 aliphatic carbocycles. The molecular weight excluding hydrogens is 232 g/mol. The number of Topliss-reactive ketones (excluding diaryl/α,β-unsaturated/α-hetero) is 1. The molecule has 1 aliphatic rings. The molecule has 0 aromatic carbocycles. The zero-order valence-electron chi connectivity index (χ0n) is 11.2. The summed E-state index contributed by atoms with van der Waals surface area (Å²) < 4.78 is 12.3. The van der Waals surface area contributed by atoms with Crippen LogP contribution in [0.4, 0.5) is 0 Å². The van der Waals surface area contributed by atoms with Crippen molar-refractivity contribution < 1.29 is 14.3 Å². The first-order chi connectivity index (χ1) is 8.69. The van der Waals surface area contributed by atoms with Crippen LogP contribution in [0.1, 0.15) is 30.8 Å². The second-order valence-electron chi connectivity index (χ2n) is 4.69. The van der Waals surface area contributed by atoms with Crippen molar-refractivity contribution in [3.05, 3.63) is 11.9 Å². The number of aromatic nitrogens is 2. The molecule has 1 aromatic rings. The molecule has 1 aliphatic heterocycles. The third-order valence-corrected chi connectivity index (χ3v) is 3.54. The molecule has 100 valence electrons. The average molecular weight is 252 g/mol. The number of methoxy groups -OCH3 is 1. The Hall–Kier alpha value is -1.36. The fraction of sp³-hybridized carbons (Fsp3) is 0.692. The van der Waals surface area contributed by atoms with E-state index < -0.39 is 0 Å². The maximum absolute atomic E-state index is 12.6. The first-order valence-corrected chi connectivity index (χ1v) is 6.40. The molecule has 2 rings (SSSR count). The number of carbonyl (C=O) groups is 1. The average Bonchev–Trinajstić information content (AvgIpc) is 2.81. The lowest BCUT2D eigenvalue weighted by Gasteiger charge is -2.27. The molecule has 18 heavy (non-hydrogen) atoms. The topological polar surface area (TPSA) is 53.4 Å². The summed E-state index contributed by atoms with van der Waals surface area (Å²) in [6.45, 7) is 6.00. The van der Waals surface area contributed by atoms with E-state index in [0.717, 1.165) is 6.42 Å². The van der Waals surface area contributed by atoms with Gasteiger partial charge >= 0.3 is 0 Å². The first-order valence-electron chi connectivity index (χ1n) is 6.40. The van der Waals surface area contributed by atoms with E-state index in [2.05, 4.69) is 12.0 Å². The van der Waals surface area contributed by atoms with Crippen molar-refractivity contribution in [2.75, 3.05) is 20.3 Å². The summed E-state index contributed by atoms with van der Waals surface area (Å²) in [6, 6.07) is 0. The van der Waals surface area contributed by atoms with Crippen LogP contribution in [0.3, 0.4) is 0 Å². The second kappa shape index (κ2) is 5.52. The van der Waals surface area contributed by atoms with Crippen LogP contribution in [0.15, 0.2) is 6.20 Å². The van der Waals surface area contributed by atoms with E-state index in [1.54, 1.807) is 18.0 Å². The van der Waals surface area contributed by atoms with Crippen molar-refractivity contribution in [2.45, 2.75) is 26.8 Å². The van der Waals surface area contributed by atoms with E-state index in [1.165, 1.54) is 0 Å². The van der Waals surface area contributed by atoms with Gasteiger partial charge in [-0.25, -0.2) is 0 Å². The van der Waals surface area contributed by atoms with Gasteiger partial charge in [-0.15, -0.1) is 0 Å². The highest BCUT2D eigenvalue weighted by Crippen LogP contribution is 2.29. The predicted molar refractivity (Wildman–Crippen MR) is 66.9 cm³/mol. The summed E-state index contributed by atoms with van der Waals surface area (Å²) in [5.41, 5.74) is 0.596. The zero-order valence-corrected chi connectivity index (χ0v) is 11.2. The highest BCUT2D eigenvalue weighted by molar-refractivity contribution is 5.99. The molecule has 0 bridgehead atoms. The maximum Gasteiger partial charge on any atom is 0.188 e. The van der Waals surface area contributed by atoms with Gasteiger partial charge in [-0.2, -0.15) is 5.10 Å². The molecule has 0 radical (unpaired) electrons. The molecule has 2 heterocycles. The van der Waals surface area contributed by atoms with Gasteiger partial charge in [0.1, 0.15) is 5.69 Å². The molecule has 2 atom stereocenters. The van der Waals surface area contributed by atoms with Crippen molar-refractivity contribution in [2.24, 2.45) is 11.8 Å². The largest absolute Gasteiger partial charge is 0.493 e. The van der Waals surface area contributed by atoms with Crippen LogP contribution in [0.5, 0.6) is 5.75 Å². The molecule has 5 nitrogen and oxygen atoms in total. The summed E-state index contributed by atoms with van der Waals surface area (Å²) in [4.78, 5) is 12.6. The van der Waals surface area contributed by atoms with Crippen LogP contribution in [-0.4, -0.2) is 35.9 Å². The summed E-state index contributed by atoms with van der Waals surface area (Å²) in [5.74, 6) is 0.952. The van der Waals surface area contributed by atoms with E-state index in [0.29, 0.717) is 31.2 Å². The molecule has 1 saturated heterocycles. The molecule has 1 aromatic heterocycles. The van der Waals surface area contributed by atoms with Gasteiger partial charge in [-0.05, 0) is 19.3 Å². The third-order valence-electron chi connectivity index (χ3n) is 3.54.